The highest BCUT2D eigenvalue weighted by Crippen LogP contribution is 2.31. The standard InChI is InChI=1S/C14H15N5O4S2/c1-9(10-4-3-5-11(8-10)25(22,23)15-2)16-12-13(19(20)21)18-6-7-24-14(18)17-12/h3-9,15-16H,1-2H3. The fourth-order valence-electron chi connectivity index (χ4n) is 2.40. The zero-order valence-electron chi connectivity index (χ0n) is 13.3. The van der Waals surface area contributed by atoms with Crippen LogP contribution in [0.3, 0.4) is 0 Å². The molecule has 1 atom stereocenters. The van der Waals surface area contributed by atoms with Crippen LogP contribution in [0, 0.1) is 10.1 Å². The molecule has 0 fully saturated rings. The van der Waals surface area contributed by atoms with Crippen molar-refractivity contribution in [1.29, 1.82) is 0 Å². The van der Waals surface area contributed by atoms with Gasteiger partial charge in [0.15, 0.2) is 0 Å². The van der Waals surface area contributed by atoms with E-state index in [2.05, 4.69) is 15.0 Å². The van der Waals surface area contributed by atoms with Crippen LogP contribution in [0.4, 0.5) is 11.6 Å². The lowest BCUT2D eigenvalue weighted by Gasteiger charge is -2.14. The van der Waals surface area contributed by atoms with E-state index in [1.54, 1.807) is 30.6 Å². The first-order valence-corrected chi connectivity index (χ1v) is 9.60. The number of nitrogens with one attached hydrogen (secondary N) is 2. The van der Waals surface area contributed by atoms with Crippen LogP contribution < -0.4 is 10.0 Å². The van der Waals surface area contributed by atoms with E-state index in [1.165, 1.54) is 34.9 Å². The van der Waals surface area contributed by atoms with Gasteiger partial charge < -0.3 is 15.4 Å². The number of fused-ring (bicyclic) bond motifs is 1. The highest BCUT2D eigenvalue weighted by molar-refractivity contribution is 7.89. The smallest absolute Gasteiger partial charge is 0.358 e. The maximum Gasteiger partial charge on any atom is 0.372 e. The molecule has 0 aliphatic rings. The average Bonchev–Trinajstić information content (AvgIpc) is 3.15. The molecule has 2 heterocycles. The Morgan fingerprint density at radius 2 is 2.16 bits per heavy atom. The number of hydrogen-bond acceptors (Lipinski definition) is 7. The number of benzene rings is 1. The number of nitrogens with zero attached hydrogens (tertiary/aromatic N) is 3. The number of nitro groups is 1. The summed E-state index contributed by atoms with van der Waals surface area (Å²) in [6.07, 6.45) is 1.58. The van der Waals surface area contributed by atoms with Gasteiger partial charge in [-0.25, -0.2) is 13.1 Å². The van der Waals surface area contributed by atoms with Crippen molar-refractivity contribution in [3.05, 3.63) is 51.5 Å². The predicted molar refractivity (Wildman–Crippen MR) is 94.4 cm³/mol. The molecule has 0 aliphatic carbocycles. The number of hydrogen-bond donors (Lipinski definition) is 2. The lowest BCUT2D eigenvalue weighted by atomic mass is 10.1. The van der Waals surface area contributed by atoms with Crippen molar-refractivity contribution in [2.75, 3.05) is 12.4 Å². The summed E-state index contributed by atoms with van der Waals surface area (Å²) in [5.74, 6) is -0.00618. The SMILES string of the molecule is CNS(=O)(=O)c1cccc(C(C)Nc2nc3sccn3c2[N+](=O)[O-])c1. The molecule has 1 unspecified atom stereocenters. The van der Waals surface area contributed by atoms with Crippen molar-refractivity contribution >= 4 is 38.0 Å². The van der Waals surface area contributed by atoms with E-state index in [4.69, 9.17) is 0 Å². The molecular weight excluding hydrogens is 366 g/mol. The van der Waals surface area contributed by atoms with Crippen LogP contribution >= 0.6 is 11.3 Å². The molecule has 9 nitrogen and oxygen atoms in total. The molecule has 0 amide bonds. The largest absolute Gasteiger partial charge is 0.372 e. The Kier molecular flexibility index (Phi) is 4.45. The van der Waals surface area contributed by atoms with Crippen LogP contribution in [0.1, 0.15) is 18.5 Å². The molecule has 0 aliphatic heterocycles. The lowest BCUT2D eigenvalue weighted by Crippen LogP contribution is -2.19. The minimum Gasteiger partial charge on any atom is -0.358 e. The molecule has 2 N–H and O–H groups in total. The zero-order valence-corrected chi connectivity index (χ0v) is 15.0. The van der Waals surface area contributed by atoms with Gasteiger partial charge in [-0.2, -0.15) is 9.38 Å². The molecule has 25 heavy (non-hydrogen) atoms. The molecule has 132 valence electrons. The van der Waals surface area contributed by atoms with Crippen molar-refractivity contribution in [2.45, 2.75) is 17.9 Å². The lowest BCUT2D eigenvalue weighted by molar-refractivity contribution is -0.389. The molecule has 0 saturated heterocycles. The van der Waals surface area contributed by atoms with Gasteiger partial charge in [0.25, 0.3) is 4.96 Å². The third-order valence-electron chi connectivity index (χ3n) is 3.70. The van der Waals surface area contributed by atoms with E-state index in [9.17, 15) is 18.5 Å². The van der Waals surface area contributed by atoms with Gasteiger partial charge in [-0.05, 0) is 36.6 Å². The number of thiazole rings is 1. The minimum absolute atomic E-state index is 0.126. The predicted octanol–water partition coefficient (Wildman–Crippen LogP) is 2.39. The minimum atomic E-state index is -3.56. The van der Waals surface area contributed by atoms with Crippen LogP contribution in [0.15, 0.2) is 40.7 Å². The molecular formula is C14H15N5O4S2. The van der Waals surface area contributed by atoms with Crippen LogP contribution in [-0.2, 0) is 10.0 Å². The summed E-state index contributed by atoms with van der Waals surface area (Å²) in [6, 6.07) is 6.00. The fraction of sp³-hybridized carbons (Fsp3) is 0.214. The topological polar surface area (TPSA) is 119 Å². The molecule has 3 aromatic rings. The number of anilines is 1. The van der Waals surface area contributed by atoms with Crippen LogP contribution in [0.2, 0.25) is 0 Å². The Balaban J connectivity index is 1.94. The summed E-state index contributed by atoms with van der Waals surface area (Å²) in [6.45, 7) is 1.78. The van der Waals surface area contributed by atoms with Crippen molar-refractivity contribution in [3.8, 4) is 0 Å². The third-order valence-corrected chi connectivity index (χ3v) is 5.87. The monoisotopic (exact) mass is 381 g/mol. The van der Waals surface area contributed by atoms with E-state index < -0.39 is 14.9 Å². The van der Waals surface area contributed by atoms with Crippen LogP contribution in [-0.4, -0.2) is 29.8 Å². The molecule has 3 rings (SSSR count). The van der Waals surface area contributed by atoms with Gasteiger partial charge in [0.05, 0.1) is 10.9 Å². The zero-order chi connectivity index (χ0) is 18.2. The molecule has 2 aromatic heterocycles. The van der Waals surface area contributed by atoms with E-state index in [0.717, 1.165) is 0 Å². The summed E-state index contributed by atoms with van der Waals surface area (Å²) >= 11 is 1.29. The molecule has 0 spiro atoms. The Morgan fingerprint density at radius 3 is 2.84 bits per heavy atom. The number of sulfonamides is 1. The second-order valence-corrected chi connectivity index (χ2v) is 8.00. The van der Waals surface area contributed by atoms with E-state index >= 15 is 0 Å². The van der Waals surface area contributed by atoms with Crippen LogP contribution in [0.5, 0.6) is 0 Å². The van der Waals surface area contributed by atoms with Crippen molar-refractivity contribution in [1.82, 2.24) is 14.1 Å². The van der Waals surface area contributed by atoms with E-state index in [0.29, 0.717) is 10.5 Å². The summed E-state index contributed by atoms with van der Waals surface area (Å²) in [5.41, 5.74) is 0.668. The summed E-state index contributed by atoms with van der Waals surface area (Å²) in [5, 5.41) is 16.1. The highest BCUT2D eigenvalue weighted by atomic mass is 32.2. The second kappa shape index (κ2) is 6.43. The first kappa shape index (κ1) is 17.3. The highest BCUT2D eigenvalue weighted by Gasteiger charge is 2.25. The normalized spacial score (nSPS) is 13.0. The van der Waals surface area contributed by atoms with Crippen molar-refractivity contribution in [2.24, 2.45) is 0 Å². The van der Waals surface area contributed by atoms with Crippen LogP contribution in [0.25, 0.3) is 4.96 Å². The Bertz CT molecular complexity index is 1040. The second-order valence-electron chi connectivity index (χ2n) is 5.24. The number of imidazole rings is 1. The van der Waals surface area contributed by atoms with Gasteiger partial charge in [0.1, 0.15) is 6.20 Å². The molecule has 11 heteroatoms. The fourth-order valence-corrected chi connectivity index (χ4v) is 3.90. The summed E-state index contributed by atoms with van der Waals surface area (Å²) < 4.78 is 27.5. The van der Waals surface area contributed by atoms with Gasteiger partial charge in [-0.1, -0.05) is 23.5 Å². The van der Waals surface area contributed by atoms with Gasteiger partial charge >= 0.3 is 5.82 Å². The van der Waals surface area contributed by atoms with E-state index in [1.807, 2.05) is 0 Å². The van der Waals surface area contributed by atoms with Gasteiger partial charge in [-0.3, -0.25) is 0 Å². The number of aromatic nitrogens is 2. The Hall–Kier alpha value is -2.50. The quantitative estimate of drug-likeness (QED) is 0.500. The number of rotatable bonds is 6. The van der Waals surface area contributed by atoms with Gasteiger partial charge in [-0.15, -0.1) is 0 Å². The maximum atomic E-state index is 11.9. The molecule has 0 radical (unpaired) electrons. The summed E-state index contributed by atoms with van der Waals surface area (Å²) in [7, 11) is -2.23. The van der Waals surface area contributed by atoms with Gasteiger partial charge in [0.2, 0.25) is 15.8 Å². The van der Waals surface area contributed by atoms with Gasteiger partial charge in [0, 0.05) is 5.38 Å². The maximum absolute atomic E-state index is 11.9. The van der Waals surface area contributed by atoms with E-state index in [-0.39, 0.29) is 22.6 Å². The average molecular weight is 381 g/mol. The first-order valence-electron chi connectivity index (χ1n) is 7.23. The summed E-state index contributed by atoms with van der Waals surface area (Å²) in [4.78, 5) is 15.7. The van der Waals surface area contributed by atoms with Crippen molar-refractivity contribution < 1.29 is 13.3 Å². The first-order chi connectivity index (χ1) is 11.8. The Morgan fingerprint density at radius 1 is 1.40 bits per heavy atom. The third kappa shape index (κ3) is 3.21. The molecule has 1 aromatic carbocycles. The van der Waals surface area contributed by atoms with Crippen molar-refractivity contribution in [3.63, 3.8) is 0 Å². The Labute approximate surface area is 147 Å². The molecule has 0 saturated carbocycles. The molecule has 0 bridgehead atoms.